The van der Waals surface area contributed by atoms with Crippen LogP contribution in [-0.4, -0.2) is 71.1 Å². The normalized spacial score (nSPS) is 29.6. The topological polar surface area (TPSA) is 116 Å². The summed E-state index contributed by atoms with van der Waals surface area (Å²) in [7, 11) is -3.15. The highest BCUT2D eigenvalue weighted by Crippen LogP contribution is 2.43. The molecule has 3 aliphatic rings. The van der Waals surface area contributed by atoms with Gasteiger partial charge >= 0.3 is 0 Å². The molecule has 0 amide bonds. The predicted molar refractivity (Wildman–Crippen MR) is 116 cm³/mol. The van der Waals surface area contributed by atoms with E-state index in [1.54, 1.807) is 18.7 Å². The smallest absolute Gasteiger partial charge is 0.211 e. The summed E-state index contributed by atoms with van der Waals surface area (Å²) in [5.41, 5.74) is 8.96. The van der Waals surface area contributed by atoms with Crippen LogP contribution in [0.15, 0.2) is 31.0 Å². The molecule has 0 aromatic carbocycles. The molecular formula is C20H28N8O2S. The van der Waals surface area contributed by atoms with E-state index in [1.165, 1.54) is 10.6 Å². The van der Waals surface area contributed by atoms with Crippen LogP contribution in [0.4, 0.5) is 5.82 Å². The maximum atomic E-state index is 11.8. The van der Waals surface area contributed by atoms with Crippen molar-refractivity contribution in [3.8, 4) is 0 Å². The van der Waals surface area contributed by atoms with Gasteiger partial charge in [0.2, 0.25) is 10.0 Å². The number of sulfonamides is 1. The fraction of sp³-hybridized carbons (Fsp3) is 0.600. The van der Waals surface area contributed by atoms with E-state index in [-0.39, 0.29) is 6.04 Å². The first-order valence-electron chi connectivity index (χ1n) is 10.8. The number of aromatic nitrogens is 4. The Morgan fingerprint density at radius 2 is 1.84 bits per heavy atom. The third-order valence-corrected chi connectivity index (χ3v) is 8.08. The molecule has 31 heavy (non-hydrogen) atoms. The molecule has 10 nitrogen and oxygen atoms in total. The van der Waals surface area contributed by atoms with Crippen LogP contribution < -0.4 is 15.8 Å². The molecular weight excluding hydrogens is 416 g/mol. The molecule has 2 aromatic heterocycles. The Balaban J connectivity index is 1.31. The Hall–Kier alpha value is -2.21. The molecule has 11 heteroatoms. The Bertz CT molecular complexity index is 1010. The highest BCUT2D eigenvalue weighted by Gasteiger charge is 2.42. The lowest BCUT2D eigenvalue weighted by Crippen LogP contribution is -2.48. The van der Waals surface area contributed by atoms with Crippen molar-refractivity contribution in [1.82, 2.24) is 35.1 Å². The van der Waals surface area contributed by atoms with Gasteiger partial charge in [0.15, 0.2) is 0 Å². The molecule has 2 aliphatic heterocycles. The summed E-state index contributed by atoms with van der Waals surface area (Å²) >= 11 is 0. The van der Waals surface area contributed by atoms with E-state index in [4.69, 9.17) is 0 Å². The maximum Gasteiger partial charge on any atom is 0.211 e. The van der Waals surface area contributed by atoms with Crippen LogP contribution in [0, 0.1) is 5.92 Å². The zero-order chi connectivity index (χ0) is 21.4. The SMILES string of the molecule is CS(=O)(=O)N1CCN(c2cc(C3NNC4CCC(c5cnccn5)CC43)ncn2)CC1. The van der Waals surface area contributed by atoms with Crippen molar-refractivity contribution in [1.29, 1.82) is 0 Å². The first-order valence-corrected chi connectivity index (χ1v) is 12.6. The average molecular weight is 445 g/mol. The fourth-order valence-electron chi connectivity index (χ4n) is 5.09. The second-order valence-corrected chi connectivity index (χ2v) is 10.6. The molecule has 4 heterocycles. The van der Waals surface area contributed by atoms with Crippen LogP contribution in [0.25, 0.3) is 0 Å². The lowest BCUT2D eigenvalue weighted by molar-refractivity contribution is 0.273. The molecule has 1 saturated carbocycles. The number of hydrogen-bond acceptors (Lipinski definition) is 9. The quantitative estimate of drug-likeness (QED) is 0.693. The van der Waals surface area contributed by atoms with E-state index in [1.807, 2.05) is 12.3 Å². The lowest BCUT2D eigenvalue weighted by Gasteiger charge is -2.34. The summed E-state index contributed by atoms with van der Waals surface area (Å²) in [5.74, 6) is 1.67. The van der Waals surface area contributed by atoms with E-state index >= 15 is 0 Å². The van der Waals surface area contributed by atoms with Crippen molar-refractivity contribution in [2.45, 2.75) is 37.3 Å². The van der Waals surface area contributed by atoms with Crippen LogP contribution >= 0.6 is 0 Å². The highest BCUT2D eigenvalue weighted by atomic mass is 32.2. The number of rotatable bonds is 4. The zero-order valence-corrected chi connectivity index (χ0v) is 18.4. The van der Waals surface area contributed by atoms with Crippen molar-refractivity contribution >= 4 is 15.8 Å². The first-order chi connectivity index (χ1) is 15.0. The molecule has 0 bridgehead atoms. The van der Waals surface area contributed by atoms with Gasteiger partial charge in [0.05, 0.1) is 23.7 Å². The summed E-state index contributed by atoms with van der Waals surface area (Å²) in [5, 5.41) is 0. The van der Waals surface area contributed by atoms with E-state index in [0.717, 1.165) is 36.5 Å². The van der Waals surface area contributed by atoms with Gasteiger partial charge in [-0.15, -0.1) is 0 Å². The molecule has 2 saturated heterocycles. The van der Waals surface area contributed by atoms with Crippen LogP contribution in [0.2, 0.25) is 0 Å². The summed E-state index contributed by atoms with van der Waals surface area (Å²) in [6.07, 6.45) is 11.5. The molecule has 2 aromatic rings. The fourth-order valence-corrected chi connectivity index (χ4v) is 5.92. The Morgan fingerprint density at radius 1 is 1.00 bits per heavy atom. The van der Waals surface area contributed by atoms with Crippen molar-refractivity contribution in [2.24, 2.45) is 5.92 Å². The number of anilines is 1. The summed E-state index contributed by atoms with van der Waals surface area (Å²) < 4.78 is 25.1. The minimum atomic E-state index is -3.15. The average Bonchev–Trinajstić information content (AvgIpc) is 3.23. The van der Waals surface area contributed by atoms with Gasteiger partial charge in [0, 0.05) is 62.8 Å². The van der Waals surface area contributed by atoms with Gasteiger partial charge in [-0.05, 0) is 25.2 Å². The second kappa shape index (κ2) is 8.38. The standard InChI is InChI=1S/C20H28N8O2S/c1-31(29,30)28-8-6-27(7-9-28)19-11-17(23-13-24-19)20-15-10-14(2-3-16(15)25-26-20)18-12-21-4-5-22-18/h4-5,11-16,20,25-26H,2-3,6-10H2,1H3. The van der Waals surface area contributed by atoms with Crippen LogP contribution in [0.1, 0.15) is 42.6 Å². The monoisotopic (exact) mass is 444 g/mol. The minimum absolute atomic E-state index is 0.100. The molecule has 5 rings (SSSR count). The van der Waals surface area contributed by atoms with Crippen molar-refractivity contribution < 1.29 is 8.42 Å². The van der Waals surface area contributed by atoms with Gasteiger partial charge in [0.1, 0.15) is 12.1 Å². The largest absolute Gasteiger partial charge is 0.354 e. The molecule has 1 aliphatic carbocycles. The van der Waals surface area contributed by atoms with Gasteiger partial charge in [-0.1, -0.05) is 0 Å². The maximum absolute atomic E-state index is 11.8. The zero-order valence-electron chi connectivity index (χ0n) is 17.6. The highest BCUT2D eigenvalue weighted by molar-refractivity contribution is 7.88. The molecule has 3 fully saturated rings. The summed E-state index contributed by atoms with van der Waals surface area (Å²) in [6, 6.07) is 2.56. The summed E-state index contributed by atoms with van der Waals surface area (Å²) in [6.45, 7) is 2.21. The third-order valence-electron chi connectivity index (χ3n) is 6.78. The molecule has 4 atom stereocenters. The number of piperazine rings is 1. The number of nitrogens with zero attached hydrogens (tertiary/aromatic N) is 6. The van der Waals surface area contributed by atoms with Gasteiger partial charge in [-0.25, -0.2) is 23.8 Å². The number of fused-ring (bicyclic) bond motifs is 1. The van der Waals surface area contributed by atoms with Gasteiger partial charge in [0.25, 0.3) is 0 Å². The van der Waals surface area contributed by atoms with Gasteiger partial charge in [-0.2, -0.15) is 4.31 Å². The number of hydrazine groups is 1. The van der Waals surface area contributed by atoms with E-state index in [9.17, 15) is 8.42 Å². The van der Waals surface area contributed by atoms with Crippen molar-refractivity contribution in [3.63, 3.8) is 0 Å². The first kappa shape index (κ1) is 20.7. The predicted octanol–water partition coefficient (Wildman–Crippen LogP) is 0.450. The molecule has 166 valence electrons. The number of nitrogens with one attached hydrogen (secondary N) is 2. The van der Waals surface area contributed by atoms with Crippen molar-refractivity contribution in [2.75, 3.05) is 37.3 Å². The Labute approximate surface area is 182 Å². The third kappa shape index (κ3) is 4.27. The molecule has 0 spiro atoms. The number of hydrogen-bond donors (Lipinski definition) is 2. The van der Waals surface area contributed by atoms with E-state index in [2.05, 4.69) is 35.7 Å². The van der Waals surface area contributed by atoms with Gasteiger partial charge < -0.3 is 4.90 Å². The van der Waals surface area contributed by atoms with Gasteiger partial charge in [-0.3, -0.25) is 15.4 Å². The van der Waals surface area contributed by atoms with Crippen LogP contribution in [-0.2, 0) is 10.0 Å². The Morgan fingerprint density at radius 3 is 2.58 bits per heavy atom. The summed E-state index contributed by atoms with van der Waals surface area (Å²) in [4.78, 5) is 20.0. The minimum Gasteiger partial charge on any atom is -0.354 e. The lowest BCUT2D eigenvalue weighted by atomic mass is 9.74. The van der Waals surface area contributed by atoms with Crippen LogP contribution in [0.3, 0.4) is 0 Å². The molecule has 4 unspecified atom stereocenters. The van der Waals surface area contributed by atoms with Crippen molar-refractivity contribution in [3.05, 3.63) is 42.4 Å². The molecule has 2 N–H and O–H groups in total. The Kier molecular flexibility index (Phi) is 5.59. The second-order valence-electron chi connectivity index (χ2n) is 8.63. The van der Waals surface area contributed by atoms with E-state index < -0.39 is 10.0 Å². The van der Waals surface area contributed by atoms with E-state index in [0.29, 0.717) is 44.1 Å². The van der Waals surface area contributed by atoms with Crippen LogP contribution in [0.5, 0.6) is 0 Å². The molecule has 0 radical (unpaired) electrons.